The van der Waals surface area contributed by atoms with Crippen molar-refractivity contribution in [2.45, 2.75) is 11.3 Å². The van der Waals surface area contributed by atoms with Crippen LogP contribution in [0.2, 0.25) is 0 Å². The summed E-state index contributed by atoms with van der Waals surface area (Å²) in [7, 11) is 0. The largest absolute Gasteiger partial charge is 0.477 e. The number of amides is 1. The van der Waals surface area contributed by atoms with Crippen molar-refractivity contribution >= 4 is 40.0 Å². The van der Waals surface area contributed by atoms with Gasteiger partial charge in [-0.2, -0.15) is 0 Å². The first-order valence-electron chi connectivity index (χ1n) is 6.06. The third kappa shape index (κ3) is 4.57. The standard InChI is InChI=1S/C14H12FNO3S2/c15-9-3-1-2-4-10(9)20-8-7-12(17)16-13-6-5-11(21-13)14(18)19/h1-6H,7-8H2,(H,16,17)(H,18,19). The van der Waals surface area contributed by atoms with Crippen molar-refractivity contribution in [2.24, 2.45) is 0 Å². The van der Waals surface area contributed by atoms with E-state index in [2.05, 4.69) is 5.32 Å². The molecular formula is C14H12FNO3S2. The molecule has 2 aromatic rings. The molecule has 0 unspecified atom stereocenters. The quantitative estimate of drug-likeness (QED) is 0.795. The minimum atomic E-state index is -1.02. The van der Waals surface area contributed by atoms with Crippen molar-refractivity contribution < 1.29 is 19.1 Å². The van der Waals surface area contributed by atoms with Gasteiger partial charge in [-0.05, 0) is 24.3 Å². The molecule has 0 saturated heterocycles. The zero-order valence-electron chi connectivity index (χ0n) is 10.8. The monoisotopic (exact) mass is 325 g/mol. The van der Waals surface area contributed by atoms with E-state index < -0.39 is 5.97 Å². The topological polar surface area (TPSA) is 66.4 Å². The number of hydrogen-bond donors (Lipinski definition) is 2. The van der Waals surface area contributed by atoms with Gasteiger partial charge in [0.15, 0.2) is 0 Å². The van der Waals surface area contributed by atoms with Gasteiger partial charge in [0, 0.05) is 17.1 Å². The molecule has 0 saturated carbocycles. The second kappa shape index (κ2) is 7.24. The number of nitrogens with one attached hydrogen (secondary N) is 1. The van der Waals surface area contributed by atoms with E-state index in [0.717, 1.165) is 11.3 Å². The first-order valence-corrected chi connectivity index (χ1v) is 7.87. The highest BCUT2D eigenvalue weighted by Gasteiger charge is 2.10. The molecule has 1 aromatic carbocycles. The van der Waals surface area contributed by atoms with Gasteiger partial charge in [0.25, 0.3) is 0 Å². The zero-order chi connectivity index (χ0) is 15.2. The summed E-state index contributed by atoms with van der Waals surface area (Å²) in [5.74, 6) is -1.09. The minimum Gasteiger partial charge on any atom is -0.477 e. The Morgan fingerprint density at radius 3 is 2.67 bits per heavy atom. The van der Waals surface area contributed by atoms with Gasteiger partial charge in [-0.3, -0.25) is 4.79 Å². The lowest BCUT2D eigenvalue weighted by Gasteiger charge is -2.03. The highest BCUT2D eigenvalue weighted by molar-refractivity contribution is 7.99. The molecule has 2 N–H and O–H groups in total. The van der Waals surface area contributed by atoms with Crippen molar-refractivity contribution in [3.63, 3.8) is 0 Å². The molecule has 2 rings (SSSR count). The third-order valence-corrected chi connectivity index (χ3v) is 4.54. The van der Waals surface area contributed by atoms with Gasteiger partial charge in [0.05, 0.1) is 5.00 Å². The molecule has 0 radical (unpaired) electrons. The number of hydrogen-bond acceptors (Lipinski definition) is 4. The van der Waals surface area contributed by atoms with E-state index in [-0.39, 0.29) is 23.0 Å². The number of carbonyl (C=O) groups excluding carboxylic acids is 1. The van der Waals surface area contributed by atoms with Crippen LogP contribution in [0.15, 0.2) is 41.3 Å². The Hall–Kier alpha value is -1.86. The summed E-state index contributed by atoms with van der Waals surface area (Å²) in [6, 6.07) is 9.39. The summed E-state index contributed by atoms with van der Waals surface area (Å²) >= 11 is 2.27. The lowest BCUT2D eigenvalue weighted by atomic mass is 10.3. The summed E-state index contributed by atoms with van der Waals surface area (Å²) in [5.41, 5.74) is 0. The second-order valence-corrected chi connectivity index (χ2v) is 6.27. The molecule has 0 atom stereocenters. The summed E-state index contributed by atoms with van der Waals surface area (Å²) in [4.78, 5) is 23.1. The van der Waals surface area contributed by atoms with E-state index in [9.17, 15) is 14.0 Å². The van der Waals surface area contributed by atoms with Crippen molar-refractivity contribution in [3.05, 3.63) is 47.1 Å². The van der Waals surface area contributed by atoms with Crippen LogP contribution in [0, 0.1) is 5.82 Å². The molecule has 110 valence electrons. The Balaban J connectivity index is 1.79. The number of benzene rings is 1. The molecule has 1 heterocycles. The fourth-order valence-corrected chi connectivity index (χ4v) is 3.18. The maximum absolute atomic E-state index is 13.4. The minimum absolute atomic E-state index is 0.172. The molecule has 21 heavy (non-hydrogen) atoms. The Morgan fingerprint density at radius 1 is 1.24 bits per heavy atom. The number of anilines is 1. The molecule has 4 nitrogen and oxygen atoms in total. The smallest absolute Gasteiger partial charge is 0.345 e. The molecule has 0 aliphatic heterocycles. The van der Waals surface area contributed by atoms with E-state index in [1.165, 1.54) is 23.9 Å². The molecule has 1 aromatic heterocycles. The number of aromatic carboxylic acids is 1. The first-order chi connectivity index (χ1) is 10.1. The summed E-state index contributed by atoms with van der Waals surface area (Å²) in [6.45, 7) is 0. The number of carboxylic acid groups (broad SMARTS) is 1. The van der Waals surface area contributed by atoms with Gasteiger partial charge in [0.2, 0.25) is 5.91 Å². The number of carbonyl (C=O) groups is 2. The van der Waals surface area contributed by atoms with Crippen molar-refractivity contribution in [3.8, 4) is 0 Å². The fourth-order valence-electron chi connectivity index (χ4n) is 1.54. The first kappa shape index (κ1) is 15.5. The Bertz CT molecular complexity index is 657. The van der Waals surface area contributed by atoms with Gasteiger partial charge in [0.1, 0.15) is 10.7 Å². The predicted molar refractivity (Wildman–Crippen MR) is 81.6 cm³/mol. The number of halogens is 1. The number of thiophene rings is 1. The maximum atomic E-state index is 13.4. The van der Waals surface area contributed by atoms with E-state index in [1.54, 1.807) is 24.3 Å². The molecule has 0 aliphatic carbocycles. The zero-order valence-corrected chi connectivity index (χ0v) is 12.5. The second-order valence-electron chi connectivity index (χ2n) is 4.05. The average Bonchev–Trinajstić information content (AvgIpc) is 2.89. The van der Waals surface area contributed by atoms with Crippen molar-refractivity contribution in [1.82, 2.24) is 0 Å². The van der Waals surface area contributed by atoms with Crippen LogP contribution in [-0.2, 0) is 4.79 Å². The number of rotatable bonds is 6. The van der Waals surface area contributed by atoms with E-state index in [4.69, 9.17) is 5.11 Å². The lowest BCUT2D eigenvalue weighted by molar-refractivity contribution is -0.115. The average molecular weight is 325 g/mol. The van der Waals surface area contributed by atoms with Gasteiger partial charge >= 0.3 is 5.97 Å². The highest BCUT2D eigenvalue weighted by Crippen LogP contribution is 2.24. The van der Waals surface area contributed by atoms with E-state index >= 15 is 0 Å². The molecule has 7 heteroatoms. The summed E-state index contributed by atoms with van der Waals surface area (Å²) in [5, 5.41) is 11.9. The van der Waals surface area contributed by atoms with Crippen LogP contribution in [-0.4, -0.2) is 22.7 Å². The highest BCUT2D eigenvalue weighted by atomic mass is 32.2. The van der Waals surface area contributed by atoms with Crippen molar-refractivity contribution in [2.75, 3.05) is 11.1 Å². The van der Waals surface area contributed by atoms with Crippen molar-refractivity contribution in [1.29, 1.82) is 0 Å². The van der Waals surface area contributed by atoms with E-state index in [0.29, 0.717) is 15.6 Å². The van der Waals surface area contributed by atoms with Gasteiger partial charge in [-0.25, -0.2) is 9.18 Å². The van der Waals surface area contributed by atoms with Crippen LogP contribution < -0.4 is 5.32 Å². The Morgan fingerprint density at radius 2 is 2.00 bits per heavy atom. The normalized spacial score (nSPS) is 10.3. The number of thioether (sulfide) groups is 1. The number of carboxylic acids is 1. The Kier molecular flexibility index (Phi) is 5.35. The summed E-state index contributed by atoms with van der Waals surface area (Å²) < 4.78 is 13.4. The van der Waals surface area contributed by atoms with Crippen LogP contribution in [0.3, 0.4) is 0 Å². The van der Waals surface area contributed by atoms with Crippen LogP contribution in [0.4, 0.5) is 9.39 Å². The molecule has 0 bridgehead atoms. The third-order valence-electron chi connectivity index (χ3n) is 2.50. The van der Waals surface area contributed by atoms with Crippen LogP contribution in [0.5, 0.6) is 0 Å². The Labute approximate surface area is 129 Å². The fraction of sp³-hybridized carbons (Fsp3) is 0.143. The van der Waals surface area contributed by atoms with Crippen LogP contribution in [0.25, 0.3) is 0 Å². The van der Waals surface area contributed by atoms with E-state index in [1.807, 2.05) is 0 Å². The van der Waals surface area contributed by atoms with Gasteiger partial charge in [-0.1, -0.05) is 12.1 Å². The van der Waals surface area contributed by atoms with Crippen LogP contribution in [0.1, 0.15) is 16.1 Å². The maximum Gasteiger partial charge on any atom is 0.345 e. The molecule has 0 spiro atoms. The SMILES string of the molecule is O=C(CCSc1ccccc1F)Nc1ccc(C(=O)O)s1. The predicted octanol–water partition coefficient (Wildman–Crippen LogP) is 3.71. The molecule has 0 aliphatic rings. The van der Waals surface area contributed by atoms with Gasteiger partial charge in [-0.15, -0.1) is 23.1 Å². The molecular weight excluding hydrogens is 313 g/mol. The molecule has 0 fully saturated rings. The van der Waals surface area contributed by atoms with Gasteiger partial charge < -0.3 is 10.4 Å². The molecule has 1 amide bonds. The summed E-state index contributed by atoms with van der Waals surface area (Å²) in [6.07, 6.45) is 0.222. The lowest BCUT2D eigenvalue weighted by Crippen LogP contribution is -2.11. The van der Waals surface area contributed by atoms with Crippen LogP contribution >= 0.6 is 23.1 Å².